The molecule has 0 saturated carbocycles. The quantitative estimate of drug-likeness (QED) is 0.726. The number of allylic oxidation sites excluding steroid dienone is 2. The zero-order chi connectivity index (χ0) is 13.5. The van der Waals surface area contributed by atoms with Crippen molar-refractivity contribution in [3.05, 3.63) is 77.9 Å². The molecular formula is C19H16O. The second-order valence-corrected chi connectivity index (χ2v) is 5.46. The Morgan fingerprint density at radius 1 is 0.900 bits per heavy atom. The molecule has 0 spiro atoms. The average Bonchev–Trinajstić information content (AvgIpc) is 2.86. The lowest BCUT2D eigenvalue weighted by atomic mass is 9.86. The fourth-order valence-corrected chi connectivity index (χ4v) is 3.08. The van der Waals surface area contributed by atoms with Crippen molar-refractivity contribution in [2.75, 3.05) is 0 Å². The summed E-state index contributed by atoms with van der Waals surface area (Å²) < 4.78 is 6.06. The summed E-state index contributed by atoms with van der Waals surface area (Å²) in [4.78, 5) is 0. The highest BCUT2D eigenvalue weighted by molar-refractivity contribution is 5.73. The minimum absolute atomic E-state index is 0.154. The van der Waals surface area contributed by atoms with Gasteiger partial charge in [-0.2, -0.15) is 0 Å². The summed E-state index contributed by atoms with van der Waals surface area (Å²) in [7, 11) is 0. The predicted octanol–water partition coefficient (Wildman–Crippen LogP) is 4.63. The third-order valence-electron chi connectivity index (χ3n) is 4.11. The lowest BCUT2D eigenvalue weighted by Gasteiger charge is -2.16. The van der Waals surface area contributed by atoms with E-state index in [-0.39, 0.29) is 6.10 Å². The minimum Gasteiger partial charge on any atom is -0.485 e. The summed E-state index contributed by atoms with van der Waals surface area (Å²) in [5.41, 5.74) is 5.16. The molecule has 0 N–H and O–H groups in total. The van der Waals surface area contributed by atoms with Gasteiger partial charge in [0.2, 0.25) is 0 Å². The van der Waals surface area contributed by atoms with Crippen LogP contribution < -0.4 is 4.74 Å². The topological polar surface area (TPSA) is 9.23 Å². The van der Waals surface area contributed by atoms with Gasteiger partial charge in [0.15, 0.2) is 0 Å². The molecule has 98 valence electrons. The molecule has 0 saturated heterocycles. The standard InChI is InChI=1S/C19H16O/c1-13-9-11-14(12-10-13)15-6-4-8-18-19(15)16-5-2-3-7-17(16)20-18/h2-12,16-17H,1H3. The Bertz CT molecular complexity index is 707. The van der Waals surface area contributed by atoms with Crippen LogP contribution in [0.4, 0.5) is 0 Å². The van der Waals surface area contributed by atoms with Crippen LogP contribution in [-0.2, 0) is 0 Å². The lowest BCUT2D eigenvalue weighted by molar-refractivity contribution is 0.269. The first kappa shape index (κ1) is 11.5. The third-order valence-corrected chi connectivity index (χ3v) is 4.11. The maximum absolute atomic E-state index is 6.06. The van der Waals surface area contributed by atoms with Gasteiger partial charge in [0.25, 0.3) is 0 Å². The van der Waals surface area contributed by atoms with Gasteiger partial charge < -0.3 is 4.74 Å². The van der Waals surface area contributed by atoms with E-state index in [1.54, 1.807) is 0 Å². The maximum Gasteiger partial charge on any atom is 0.128 e. The zero-order valence-electron chi connectivity index (χ0n) is 11.4. The molecule has 4 rings (SSSR count). The summed E-state index contributed by atoms with van der Waals surface area (Å²) in [6.45, 7) is 2.12. The molecule has 0 fully saturated rings. The van der Waals surface area contributed by atoms with E-state index in [1.807, 2.05) is 0 Å². The maximum atomic E-state index is 6.06. The number of aryl methyl sites for hydroxylation is 1. The Hall–Kier alpha value is -2.28. The van der Waals surface area contributed by atoms with Crippen molar-refractivity contribution >= 4 is 0 Å². The molecule has 1 aliphatic heterocycles. The van der Waals surface area contributed by atoms with E-state index >= 15 is 0 Å². The molecule has 2 unspecified atom stereocenters. The molecule has 0 radical (unpaired) electrons. The molecule has 1 heterocycles. The zero-order valence-corrected chi connectivity index (χ0v) is 11.4. The summed E-state index contributed by atoms with van der Waals surface area (Å²) in [6, 6.07) is 15.1. The molecule has 2 atom stereocenters. The highest BCUT2D eigenvalue weighted by Crippen LogP contribution is 2.46. The Labute approximate surface area is 119 Å². The van der Waals surface area contributed by atoms with Crippen LogP contribution in [0.25, 0.3) is 11.1 Å². The van der Waals surface area contributed by atoms with Crippen molar-refractivity contribution in [1.29, 1.82) is 0 Å². The van der Waals surface area contributed by atoms with E-state index in [4.69, 9.17) is 4.74 Å². The van der Waals surface area contributed by atoms with Gasteiger partial charge in [0.1, 0.15) is 11.9 Å². The largest absolute Gasteiger partial charge is 0.485 e. The molecule has 0 aromatic heterocycles. The van der Waals surface area contributed by atoms with Crippen LogP contribution in [0.1, 0.15) is 17.0 Å². The molecule has 0 bridgehead atoms. The van der Waals surface area contributed by atoms with Gasteiger partial charge in [0, 0.05) is 11.5 Å². The average molecular weight is 260 g/mol. The lowest BCUT2D eigenvalue weighted by Crippen LogP contribution is -2.15. The molecule has 1 heteroatoms. The van der Waals surface area contributed by atoms with Gasteiger partial charge in [-0.3, -0.25) is 0 Å². The number of benzene rings is 2. The molecule has 1 aliphatic carbocycles. The monoisotopic (exact) mass is 260 g/mol. The SMILES string of the molecule is Cc1ccc(-c2cccc3c2C2C=CC=CC2O3)cc1. The molecule has 2 aromatic carbocycles. The molecule has 20 heavy (non-hydrogen) atoms. The summed E-state index contributed by atoms with van der Waals surface area (Å²) in [6.07, 6.45) is 8.73. The summed E-state index contributed by atoms with van der Waals surface area (Å²) in [5, 5.41) is 0. The fraction of sp³-hybridized carbons (Fsp3) is 0.158. The van der Waals surface area contributed by atoms with Crippen molar-refractivity contribution in [3.8, 4) is 16.9 Å². The van der Waals surface area contributed by atoms with Crippen molar-refractivity contribution in [3.63, 3.8) is 0 Å². The molecule has 2 aromatic rings. The van der Waals surface area contributed by atoms with Crippen LogP contribution in [0.3, 0.4) is 0 Å². The Morgan fingerprint density at radius 3 is 2.55 bits per heavy atom. The second-order valence-electron chi connectivity index (χ2n) is 5.46. The van der Waals surface area contributed by atoms with Crippen LogP contribution in [-0.4, -0.2) is 6.10 Å². The number of hydrogen-bond acceptors (Lipinski definition) is 1. The minimum atomic E-state index is 0.154. The van der Waals surface area contributed by atoms with E-state index in [0.29, 0.717) is 5.92 Å². The fourth-order valence-electron chi connectivity index (χ4n) is 3.08. The van der Waals surface area contributed by atoms with E-state index in [0.717, 1.165) is 5.75 Å². The second kappa shape index (κ2) is 4.38. The van der Waals surface area contributed by atoms with Crippen molar-refractivity contribution in [2.45, 2.75) is 18.9 Å². The Morgan fingerprint density at radius 2 is 1.70 bits per heavy atom. The smallest absolute Gasteiger partial charge is 0.128 e. The van der Waals surface area contributed by atoms with Crippen LogP contribution in [0.2, 0.25) is 0 Å². The Balaban J connectivity index is 1.88. The highest BCUT2D eigenvalue weighted by atomic mass is 16.5. The summed E-state index contributed by atoms with van der Waals surface area (Å²) in [5.74, 6) is 1.36. The van der Waals surface area contributed by atoms with Crippen LogP contribution in [0, 0.1) is 6.92 Å². The van der Waals surface area contributed by atoms with Gasteiger partial charge in [-0.05, 0) is 30.2 Å². The third kappa shape index (κ3) is 1.70. The van der Waals surface area contributed by atoms with E-state index < -0.39 is 0 Å². The first-order valence-electron chi connectivity index (χ1n) is 7.04. The number of fused-ring (bicyclic) bond motifs is 3. The van der Waals surface area contributed by atoms with Crippen LogP contribution >= 0.6 is 0 Å². The molecule has 2 aliphatic rings. The van der Waals surface area contributed by atoms with Crippen molar-refractivity contribution in [2.24, 2.45) is 0 Å². The highest BCUT2D eigenvalue weighted by Gasteiger charge is 2.33. The Kier molecular flexibility index (Phi) is 2.53. The van der Waals surface area contributed by atoms with Crippen LogP contribution in [0.15, 0.2) is 66.8 Å². The number of ether oxygens (including phenoxy) is 1. The van der Waals surface area contributed by atoms with E-state index in [9.17, 15) is 0 Å². The van der Waals surface area contributed by atoms with Gasteiger partial charge in [-0.15, -0.1) is 0 Å². The van der Waals surface area contributed by atoms with E-state index in [2.05, 4.69) is 73.7 Å². The predicted molar refractivity (Wildman–Crippen MR) is 82.1 cm³/mol. The number of rotatable bonds is 1. The van der Waals surface area contributed by atoms with Crippen molar-refractivity contribution in [1.82, 2.24) is 0 Å². The van der Waals surface area contributed by atoms with Gasteiger partial charge in [-0.25, -0.2) is 0 Å². The first-order chi connectivity index (χ1) is 9.83. The van der Waals surface area contributed by atoms with Gasteiger partial charge in [0.05, 0.1) is 0 Å². The van der Waals surface area contributed by atoms with Crippen LogP contribution in [0.5, 0.6) is 5.75 Å². The van der Waals surface area contributed by atoms with Crippen molar-refractivity contribution < 1.29 is 4.74 Å². The molecule has 0 amide bonds. The summed E-state index contributed by atoms with van der Waals surface area (Å²) >= 11 is 0. The first-order valence-corrected chi connectivity index (χ1v) is 7.04. The molecule has 1 nitrogen and oxygen atoms in total. The molecular weight excluding hydrogens is 244 g/mol. The van der Waals surface area contributed by atoms with Gasteiger partial charge in [-0.1, -0.05) is 60.2 Å². The van der Waals surface area contributed by atoms with E-state index in [1.165, 1.54) is 22.3 Å². The number of hydrogen-bond donors (Lipinski definition) is 0. The normalized spacial score (nSPS) is 22.2. The van der Waals surface area contributed by atoms with Gasteiger partial charge >= 0.3 is 0 Å².